The normalized spacial score (nSPS) is 21.4. The number of carbonyl (C=O) groups excluding carboxylic acids is 6. The summed E-state index contributed by atoms with van der Waals surface area (Å²) in [6, 6.07) is 34.2. The lowest BCUT2D eigenvalue weighted by Gasteiger charge is -2.46. The molecule has 0 radical (unpaired) electrons. The molecule has 3 amide bonds. The number of aliphatic hydroxyl groups is 2. The first kappa shape index (κ1) is 50.5. The molecule has 2 saturated heterocycles. The van der Waals surface area contributed by atoms with Crippen LogP contribution in [0.3, 0.4) is 0 Å². The van der Waals surface area contributed by atoms with E-state index < -0.39 is 90.0 Å². The molecule has 0 bridgehead atoms. The Morgan fingerprint density at radius 1 is 0.778 bits per heavy atom. The van der Waals surface area contributed by atoms with Gasteiger partial charge in [-0.1, -0.05) is 121 Å². The molecule has 3 aliphatic heterocycles. The van der Waals surface area contributed by atoms with E-state index >= 15 is 14.4 Å². The van der Waals surface area contributed by atoms with E-state index in [1.165, 1.54) is 25.3 Å². The van der Waals surface area contributed by atoms with Crippen molar-refractivity contribution in [2.24, 2.45) is 11.8 Å². The van der Waals surface area contributed by atoms with Crippen LogP contribution in [-0.4, -0.2) is 111 Å². The van der Waals surface area contributed by atoms with Gasteiger partial charge in [-0.15, -0.1) is 0 Å². The number of methoxy groups -OCH3 is 3. The lowest BCUT2D eigenvalue weighted by molar-refractivity contribution is -0.178. The molecule has 5 aromatic carbocycles. The van der Waals surface area contributed by atoms with Gasteiger partial charge in [-0.3, -0.25) is 28.9 Å². The number of esters is 3. The summed E-state index contributed by atoms with van der Waals surface area (Å²) >= 11 is 0. The number of amides is 3. The van der Waals surface area contributed by atoms with Crippen LogP contribution in [-0.2, 0) is 53.1 Å². The standard InChI is InChI=1S/C55H53N3O14/c1-67-30-31-71-54(66)57-41-27-26-34(16-15-24-39(50(62)68-2)51(63)69-3)32-40(41)55(53(57)65)44(49(61)56-33-42(60)35-17-7-4-8-18-35)46-52(64)72-47(37-21-11-6-12-22-37)45(36-19-9-5-10-20-36)58(46)48(55)38-23-13-14-25-43(38)70-29-28-59/h4-14,17-23,25-27,32,39,42,44-48,59-60H,24,28-31,33H2,1-3H3,(H,56,61)/t42-,44+,45+,46+,47-,48-,55+/m0/s1. The second-order valence-electron chi connectivity index (χ2n) is 17.1. The zero-order chi connectivity index (χ0) is 50.9. The minimum Gasteiger partial charge on any atom is -0.491 e. The van der Waals surface area contributed by atoms with E-state index in [1.54, 1.807) is 71.6 Å². The van der Waals surface area contributed by atoms with E-state index in [1.807, 2.05) is 48.5 Å². The smallest absolute Gasteiger partial charge is 0.421 e. The fourth-order valence-corrected chi connectivity index (χ4v) is 10.1. The van der Waals surface area contributed by atoms with Gasteiger partial charge in [-0.2, -0.15) is 0 Å². The van der Waals surface area contributed by atoms with E-state index in [4.69, 9.17) is 28.4 Å². The van der Waals surface area contributed by atoms with Crippen LogP contribution in [0.1, 0.15) is 64.1 Å². The van der Waals surface area contributed by atoms with Crippen molar-refractivity contribution in [2.45, 2.75) is 42.2 Å². The Morgan fingerprint density at radius 2 is 1.42 bits per heavy atom. The van der Waals surface area contributed by atoms with Crippen molar-refractivity contribution < 1.29 is 67.4 Å². The van der Waals surface area contributed by atoms with E-state index in [-0.39, 0.29) is 55.4 Å². The molecule has 372 valence electrons. The van der Waals surface area contributed by atoms with Crippen LogP contribution in [0.4, 0.5) is 10.5 Å². The molecule has 17 heteroatoms. The topological polar surface area (TPSA) is 217 Å². The fourth-order valence-electron chi connectivity index (χ4n) is 10.1. The number of carbonyl (C=O) groups is 6. The molecule has 1 spiro atoms. The number of hydrogen-bond donors (Lipinski definition) is 3. The number of imide groups is 1. The number of fused-ring (bicyclic) bond motifs is 3. The monoisotopic (exact) mass is 979 g/mol. The zero-order valence-electron chi connectivity index (χ0n) is 39.7. The molecule has 72 heavy (non-hydrogen) atoms. The van der Waals surface area contributed by atoms with E-state index in [9.17, 15) is 24.6 Å². The van der Waals surface area contributed by atoms with Crippen LogP contribution in [0.25, 0.3) is 0 Å². The summed E-state index contributed by atoms with van der Waals surface area (Å²) in [7, 11) is 3.67. The Kier molecular flexibility index (Phi) is 15.8. The Hall–Kier alpha value is -7.88. The summed E-state index contributed by atoms with van der Waals surface area (Å²) in [6.45, 7) is -1.21. The predicted octanol–water partition coefficient (Wildman–Crippen LogP) is 5.06. The highest BCUT2D eigenvalue weighted by molar-refractivity contribution is 6.23. The summed E-state index contributed by atoms with van der Waals surface area (Å²) in [5.74, 6) is -1.50. The van der Waals surface area contributed by atoms with Crippen molar-refractivity contribution in [1.29, 1.82) is 0 Å². The molecule has 0 saturated carbocycles. The van der Waals surface area contributed by atoms with Crippen LogP contribution in [0.2, 0.25) is 0 Å². The molecule has 8 rings (SSSR count). The van der Waals surface area contributed by atoms with Gasteiger partial charge in [-0.05, 0) is 46.5 Å². The van der Waals surface area contributed by atoms with Crippen molar-refractivity contribution in [3.8, 4) is 17.6 Å². The highest BCUT2D eigenvalue weighted by Gasteiger charge is 2.76. The van der Waals surface area contributed by atoms with E-state index in [0.29, 0.717) is 22.3 Å². The first-order valence-corrected chi connectivity index (χ1v) is 23.2. The Labute approximate surface area is 415 Å². The van der Waals surface area contributed by atoms with Crippen molar-refractivity contribution >= 4 is 41.5 Å². The molecular weight excluding hydrogens is 927 g/mol. The van der Waals surface area contributed by atoms with Crippen molar-refractivity contribution in [2.75, 3.05) is 59.2 Å². The van der Waals surface area contributed by atoms with Crippen molar-refractivity contribution in [3.63, 3.8) is 0 Å². The first-order valence-electron chi connectivity index (χ1n) is 23.2. The third kappa shape index (κ3) is 9.52. The highest BCUT2D eigenvalue weighted by Crippen LogP contribution is 2.66. The summed E-state index contributed by atoms with van der Waals surface area (Å²) in [5, 5.41) is 24.4. The number of nitrogens with zero attached hydrogens (tertiary/aromatic N) is 2. The second kappa shape index (κ2) is 22.5. The molecule has 3 heterocycles. The number of ether oxygens (including phenoxy) is 6. The summed E-state index contributed by atoms with van der Waals surface area (Å²) in [6.07, 6.45) is -3.70. The SMILES string of the molecule is COCCOC(=O)N1C(=O)[C@@]2(c3cc(C#CCC(C(=O)OC)C(=O)OC)ccc31)[C@H](c1ccccc1OCCO)N1[C@H](c3ccccc3)[C@H](c3ccccc3)OC(=O)[C@H]1[C@@H]2C(=O)NC[C@H](O)c1ccccc1. The number of nitrogens with one attached hydrogen (secondary N) is 1. The molecule has 0 aromatic heterocycles. The maximum atomic E-state index is 16.5. The highest BCUT2D eigenvalue weighted by atomic mass is 16.6. The molecule has 7 atom stereocenters. The van der Waals surface area contributed by atoms with E-state index in [0.717, 1.165) is 19.1 Å². The zero-order valence-corrected chi connectivity index (χ0v) is 39.7. The van der Waals surface area contributed by atoms with Gasteiger partial charge >= 0.3 is 24.0 Å². The lowest BCUT2D eigenvalue weighted by Crippen LogP contribution is -2.56. The molecule has 0 aliphatic carbocycles. The molecule has 3 N–H and O–H groups in total. The quantitative estimate of drug-likeness (QED) is 0.0387. The Balaban J connectivity index is 1.44. The van der Waals surface area contributed by atoms with Crippen LogP contribution in [0, 0.1) is 23.7 Å². The van der Waals surface area contributed by atoms with Gasteiger partial charge in [0, 0.05) is 31.2 Å². The summed E-state index contributed by atoms with van der Waals surface area (Å²) < 4.78 is 33.3. The van der Waals surface area contributed by atoms with Gasteiger partial charge < -0.3 is 44.0 Å². The number of anilines is 1. The maximum absolute atomic E-state index is 16.5. The maximum Gasteiger partial charge on any atom is 0.421 e. The van der Waals surface area contributed by atoms with Crippen LogP contribution < -0.4 is 15.0 Å². The first-order chi connectivity index (χ1) is 35.0. The molecule has 17 nitrogen and oxygen atoms in total. The fraction of sp³-hybridized carbons (Fsp3) is 0.309. The number of hydrogen-bond acceptors (Lipinski definition) is 15. The predicted molar refractivity (Wildman–Crippen MR) is 258 cm³/mol. The minimum absolute atomic E-state index is 0.0000670. The number of para-hydroxylation sites is 1. The molecule has 0 unspecified atom stereocenters. The minimum atomic E-state index is -2.28. The number of rotatable bonds is 16. The average Bonchev–Trinajstić information content (AvgIpc) is 3.87. The lowest BCUT2D eigenvalue weighted by atomic mass is 9.65. The van der Waals surface area contributed by atoms with Gasteiger partial charge in [0.25, 0.3) is 0 Å². The Bertz CT molecular complexity index is 2840. The Morgan fingerprint density at radius 3 is 2.07 bits per heavy atom. The van der Waals surface area contributed by atoms with Crippen LogP contribution in [0.5, 0.6) is 5.75 Å². The van der Waals surface area contributed by atoms with Gasteiger partial charge in [0.1, 0.15) is 36.5 Å². The molecule has 3 aliphatic rings. The number of morpholine rings is 1. The molecule has 2 fully saturated rings. The van der Waals surface area contributed by atoms with Crippen molar-refractivity contribution in [1.82, 2.24) is 10.2 Å². The van der Waals surface area contributed by atoms with E-state index in [2.05, 4.69) is 17.2 Å². The van der Waals surface area contributed by atoms with Crippen LogP contribution >= 0.6 is 0 Å². The number of aliphatic hydroxyl groups excluding tert-OH is 2. The van der Waals surface area contributed by atoms with Gasteiger partial charge in [0.05, 0.1) is 57.2 Å². The largest absolute Gasteiger partial charge is 0.491 e. The number of benzene rings is 5. The average molecular weight is 980 g/mol. The second-order valence-corrected chi connectivity index (χ2v) is 17.1. The molecule has 5 aromatic rings. The summed E-state index contributed by atoms with van der Waals surface area (Å²) in [5.41, 5.74) is 0.0594. The third-order valence-corrected chi connectivity index (χ3v) is 13.2. The van der Waals surface area contributed by atoms with Gasteiger partial charge in [0.2, 0.25) is 11.8 Å². The number of cyclic esters (lactones) is 1. The van der Waals surface area contributed by atoms with Gasteiger partial charge in [0.15, 0.2) is 5.92 Å². The molecular formula is C55H53N3O14. The third-order valence-electron chi connectivity index (χ3n) is 13.2. The van der Waals surface area contributed by atoms with Crippen LogP contribution in [0.15, 0.2) is 133 Å². The van der Waals surface area contributed by atoms with Crippen molar-refractivity contribution in [3.05, 3.63) is 167 Å². The van der Waals surface area contributed by atoms with Gasteiger partial charge in [-0.25, -0.2) is 9.69 Å². The summed E-state index contributed by atoms with van der Waals surface area (Å²) in [4.78, 5) is 90.2.